The van der Waals surface area contributed by atoms with E-state index >= 15 is 0 Å². The van der Waals surface area contributed by atoms with Gasteiger partial charge < -0.3 is 25.4 Å². The van der Waals surface area contributed by atoms with Crippen LogP contribution in [0.1, 0.15) is 64.5 Å². The minimum atomic E-state index is -1.13. The molecule has 1 aromatic rings. The number of amides is 3. The van der Waals surface area contributed by atoms with Crippen molar-refractivity contribution in [3.05, 3.63) is 29.8 Å². The molecule has 3 N–H and O–H groups in total. The zero-order valence-corrected chi connectivity index (χ0v) is 20.8. The lowest BCUT2D eigenvalue weighted by atomic mass is 9.94. The van der Waals surface area contributed by atoms with E-state index < -0.39 is 35.6 Å². The van der Waals surface area contributed by atoms with Gasteiger partial charge in [-0.3, -0.25) is 9.59 Å². The summed E-state index contributed by atoms with van der Waals surface area (Å²) in [5.41, 5.74) is -0.334. The average Bonchev–Trinajstić information content (AvgIpc) is 2.77. The van der Waals surface area contributed by atoms with Crippen molar-refractivity contribution in [1.82, 2.24) is 15.5 Å². The molecule has 9 nitrogen and oxygen atoms in total. The van der Waals surface area contributed by atoms with Crippen LogP contribution < -0.4 is 10.6 Å². The molecule has 3 amide bonds. The third-order valence-corrected chi connectivity index (χ3v) is 5.78. The first kappa shape index (κ1) is 27.3. The number of aromatic hydroxyl groups is 1. The van der Waals surface area contributed by atoms with Crippen molar-refractivity contribution in [2.45, 2.75) is 76.6 Å². The van der Waals surface area contributed by atoms with Gasteiger partial charge in [-0.15, -0.1) is 0 Å². The number of nitriles is 1. The predicted molar refractivity (Wildman–Crippen MR) is 130 cm³/mol. The summed E-state index contributed by atoms with van der Waals surface area (Å²) in [6.45, 7) is 4.70. The van der Waals surface area contributed by atoms with Crippen LogP contribution >= 0.6 is 12.6 Å². The molecule has 0 spiro atoms. The molecule has 1 saturated carbocycles. The van der Waals surface area contributed by atoms with Gasteiger partial charge >= 0.3 is 6.09 Å². The first-order chi connectivity index (χ1) is 16.1. The van der Waals surface area contributed by atoms with Crippen molar-refractivity contribution in [2.24, 2.45) is 0 Å². The third kappa shape index (κ3) is 8.13. The number of ether oxygens (including phenoxy) is 1. The summed E-state index contributed by atoms with van der Waals surface area (Å²) in [5, 5.41) is 24.7. The topological polar surface area (TPSA) is 132 Å². The zero-order valence-electron chi connectivity index (χ0n) is 19.9. The standard InChI is InChI=1S/C24H34N4O5S/c1-24(2,3)33-23(32)27-19(15-34)22(31)28(14-13-25)20(16-9-11-18(29)12-10-16)21(30)26-17-7-5-4-6-8-17/h9-12,17,19-20,29,34H,4-8,14-15H2,1-3H3,(H,26,30)(H,27,32). The fourth-order valence-electron chi connectivity index (χ4n) is 3.86. The molecule has 0 heterocycles. The Balaban J connectivity index is 2.34. The van der Waals surface area contributed by atoms with Gasteiger partial charge in [-0.1, -0.05) is 31.4 Å². The molecule has 1 aromatic carbocycles. The van der Waals surface area contributed by atoms with Crippen molar-refractivity contribution in [3.8, 4) is 11.8 Å². The summed E-state index contributed by atoms with van der Waals surface area (Å²) in [6.07, 6.45) is 4.03. The van der Waals surface area contributed by atoms with Gasteiger partial charge in [-0.2, -0.15) is 17.9 Å². The lowest BCUT2D eigenvalue weighted by Gasteiger charge is -2.34. The molecular formula is C24H34N4O5S. The number of hydrogen-bond acceptors (Lipinski definition) is 7. The Kier molecular flexibility index (Phi) is 10.1. The van der Waals surface area contributed by atoms with Crippen molar-refractivity contribution >= 4 is 30.5 Å². The molecule has 10 heteroatoms. The van der Waals surface area contributed by atoms with Crippen molar-refractivity contribution in [1.29, 1.82) is 5.26 Å². The first-order valence-corrected chi connectivity index (χ1v) is 12.1. The molecule has 0 aliphatic heterocycles. The normalized spacial score (nSPS) is 16.0. The summed E-state index contributed by atoms with van der Waals surface area (Å²) in [7, 11) is 0. The molecule has 0 bridgehead atoms. The quantitative estimate of drug-likeness (QED) is 0.327. The van der Waals surface area contributed by atoms with Crippen LogP contribution in [0.4, 0.5) is 4.79 Å². The molecule has 1 aliphatic rings. The van der Waals surface area contributed by atoms with Crippen LogP contribution in [0.5, 0.6) is 5.75 Å². The van der Waals surface area contributed by atoms with Gasteiger partial charge in [0.15, 0.2) is 0 Å². The van der Waals surface area contributed by atoms with Crippen molar-refractivity contribution in [3.63, 3.8) is 0 Å². The molecular weight excluding hydrogens is 456 g/mol. The van der Waals surface area contributed by atoms with E-state index in [-0.39, 0.29) is 24.1 Å². The Morgan fingerprint density at radius 1 is 1.21 bits per heavy atom. The summed E-state index contributed by atoms with van der Waals surface area (Å²) in [4.78, 5) is 40.3. The number of nitrogens with one attached hydrogen (secondary N) is 2. The van der Waals surface area contributed by atoms with E-state index in [0.29, 0.717) is 5.56 Å². The van der Waals surface area contributed by atoms with Crippen LogP contribution in [0.2, 0.25) is 0 Å². The second-order valence-electron chi connectivity index (χ2n) is 9.34. The fraction of sp³-hybridized carbons (Fsp3) is 0.583. The number of benzene rings is 1. The Morgan fingerprint density at radius 3 is 2.35 bits per heavy atom. The number of thiol groups is 1. The zero-order chi connectivity index (χ0) is 25.3. The number of alkyl carbamates (subject to hydrolysis) is 1. The maximum atomic E-state index is 13.5. The number of carbonyl (C=O) groups is 3. The van der Waals surface area contributed by atoms with E-state index in [1.54, 1.807) is 20.8 Å². The molecule has 0 radical (unpaired) electrons. The van der Waals surface area contributed by atoms with Crippen LogP contribution in [0.3, 0.4) is 0 Å². The molecule has 2 atom stereocenters. The lowest BCUT2D eigenvalue weighted by Crippen LogP contribution is -2.54. The highest BCUT2D eigenvalue weighted by molar-refractivity contribution is 7.80. The predicted octanol–water partition coefficient (Wildman–Crippen LogP) is 3.06. The summed E-state index contributed by atoms with van der Waals surface area (Å²) in [6, 6.07) is 5.60. The monoisotopic (exact) mass is 490 g/mol. The Morgan fingerprint density at radius 2 is 1.82 bits per heavy atom. The Bertz CT molecular complexity index is 888. The molecule has 2 unspecified atom stereocenters. The van der Waals surface area contributed by atoms with Gasteiger partial charge in [-0.05, 0) is 51.3 Å². The average molecular weight is 491 g/mol. The Labute approximate surface area is 206 Å². The molecule has 2 rings (SSSR count). The molecule has 0 aromatic heterocycles. The molecule has 186 valence electrons. The van der Waals surface area contributed by atoms with Crippen LogP contribution in [0.15, 0.2) is 24.3 Å². The molecule has 0 saturated heterocycles. The van der Waals surface area contributed by atoms with E-state index in [2.05, 4.69) is 23.3 Å². The second-order valence-corrected chi connectivity index (χ2v) is 9.71. The van der Waals surface area contributed by atoms with Gasteiger partial charge in [0.2, 0.25) is 11.8 Å². The highest BCUT2D eigenvalue weighted by Crippen LogP contribution is 2.26. The van der Waals surface area contributed by atoms with Crippen molar-refractivity contribution in [2.75, 3.05) is 12.3 Å². The van der Waals surface area contributed by atoms with Crippen LogP contribution in [0, 0.1) is 11.3 Å². The highest BCUT2D eigenvalue weighted by Gasteiger charge is 2.36. The highest BCUT2D eigenvalue weighted by atomic mass is 32.1. The van der Waals surface area contributed by atoms with Gasteiger partial charge in [0.25, 0.3) is 0 Å². The smallest absolute Gasteiger partial charge is 0.408 e. The minimum Gasteiger partial charge on any atom is -0.508 e. The van der Waals surface area contributed by atoms with Gasteiger partial charge in [0.05, 0.1) is 6.07 Å². The van der Waals surface area contributed by atoms with Crippen LogP contribution in [0.25, 0.3) is 0 Å². The van der Waals surface area contributed by atoms with E-state index in [9.17, 15) is 24.8 Å². The number of carbonyl (C=O) groups excluding carboxylic acids is 3. The minimum absolute atomic E-state index is 0.00757. The molecule has 1 fully saturated rings. The van der Waals surface area contributed by atoms with Crippen molar-refractivity contribution < 1.29 is 24.2 Å². The first-order valence-electron chi connectivity index (χ1n) is 11.4. The maximum absolute atomic E-state index is 13.5. The van der Waals surface area contributed by atoms with Gasteiger partial charge in [0, 0.05) is 11.8 Å². The van der Waals surface area contributed by atoms with E-state index in [1.165, 1.54) is 24.3 Å². The molecule has 1 aliphatic carbocycles. The molecule has 34 heavy (non-hydrogen) atoms. The summed E-state index contributed by atoms with van der Waals surface area (Å²) < 4.78 is 5.24. The van der Waals surface area contributed by atoms with Crippen LogP contribution in [-0.2, 0) is 14.3 Å². The van der Waals surface area contributed by atoms with E-state index in [4.69, 9.17) is 4.74 Å². The number of hydrogen-bond donors (Lipinski definition) is 4. The number of nitrogens with zero attached hydrogens (tertiary/aromatic N) is 2. The lowest BCUT2D eigenvalue weighted by molar-refractivity contribution is -0.141. The third-order valence-electron chi connectivity index (χ3n) is 5.42. The van der Waals surface area contributed by atoms with E-state index in [0.717, 1.165) is 37.0 Å². The second kappa shape index (κ2) is 12.5. The van der Waals surface area contributed by atoms with Crippen LogP contribution in [-0.4, -0.2) is 57.9 Å². The number of phenolic OH excluding ortho intramolecular Hbond substituents is 1. The fourth-order valence-corrected chi connectivity index (χ4v) is 4.11. The Hall–Kier alpha value is -2.93. The van der Waals surface area contributed by atoms with Gasteiger partial charge in [-0.25, -0.2) is 4.79 Å². The van der Waals surface area contributed by atoms with E-state index in [1.807, 2.05) is 6.07 Å². The summed E-state index contributed by atoms with van der Waals surface area (Å²) >= 11 is 4.20. The maximum Gasteiger partial charge on any atom is 0.408 e. The number of phenols is 1. The SMILES string of the molecule is CC(C)(C)OC(=O)NC(CS)C(=O)N(CC#N)C(C(=O)NC1CCCCC1)c1ccc(O)cc1. The largest absolute Gasteiger partial charge is 0.508 e. The van der Waals surface area contributed by atoms with Gasteiger partial charge in [0.1, 0.15) is 30.0 Å². The number of rotatable bonds is 8. The summed E-state index contributed by atoms with van der Waals surface area (Å²) in [5.74, 6) is -1.11.